The maximum absolute atomic E-state index is 12.5. The molecule has 1 amide bonds. The van der Waals surface area contributed by atoms with Gasteiger partial charge in [0, 0.05) is 25.6 Å². The number of nitrogens with zero attached hydrogens (tertiary/aromatic N) is 1. The van der Waals surface area contributed by atoms with Gasteiger partial charge in [-0.15, -0.1) is 0 Å². The zero-order valence-electron chi connectivity index (χ0n) is 16.2. The summed E-state index contributed by atoms with van der Waals surface area (Å²) in [6.07, 6.45) is 5.00. The van der Waals surface area contributed by atoms with E-state index in [-0.39, 0.29) is 11.9 Å². The summed E-state index contributed by atoms with van der Waals surface area (Å²) in [5.74, 6) is 0.694. The Balaban J connectivity index is 1.82. The number of carbonyl (C=O) groups excluding carboxylic acids is 1. The number of amides is 1. The first kappa shape index (κ1) is 20.9. The van der Waals surface area contributed by atoms with Crippen LogP contribution in [0.25, 0.3) is 0 Å². The highest BCUT2D eigenvalue weighted by Crippen LogP contribution is 2.21. The van der Waals surface area contributed by atoms with Crippen molar-refractivity contribution in [2.75, 3.05) is 13.1 Å². The first-order valence-corrected chi connectivity index (χ1v) is 11.1. The number of nitrogens with one attached hydrogen (secondary N) is 1. The van der Waals surface area contributed by atoms with Crippen LogP contribution < -0.4 is 5.32 Å². The molecule has 0 radical (unpaired) electrons. The van der Waals surface area contributed by atoms with Gasteiger partial charge in [0.15, 0.2) is 0 Å². The lowest BCUT2D eigenvalue weighted by molar-refractivity contribution is -0.121. The van der Waals surface area contributed by atoms with Gasteiger partial charge in [0.2, 0.25) is 15.9 Å². The van der Waals surface area contributed by atoms with E-state index in [9.17, 15) is 13.2 Å². The zero-order valence-corrected chi connectivity index (χ0v) is 17.0. The fourth-order valence-corrected chi connectivity index (χ4v) is 4.68. The highest BCUT2D eigenvalue weighted by Gasteiger charge is 2.26. The standard InChI is InChI=1S/C20H32N2O3S/c1-16(2)6-7-17(3)21-20(23)13-10-18-8-11-19(12-9-18)26(24,25)22-14-4-5-15-22/h8-9,11-12,16-17H,4-7,10,13-15H2,1-3H3,(H,21,23)/t17-/m0/s1. The fraction of sp³-hybridized carbons (Fsp3) is 0.650. The normalized spacial score (nSPS) is 16.8. The second-order valence-electron chi connectivity index (χ2n) is 7.69. The predicted molar refractivity (Wildman–Crippen MR) is 104 cm³/mol. The average molecular weight is 381 g/mol. The van der Waals surface area contributed by atoms with Gasteiger partial charge in [0.1, 0.15) is 0 Å². The lowest BCUT2D eigenvalue weighted by Gasteiger charge is -2.16. The highest BCUT2D eigenvalue weighted by molar-refractivity contribution is 7.89. The Kier molecular flexibility index (Phi) is 7.65. The van der Waals surface area contributed by atoms with Gasteiger partial charge in [-0.2, -0.15) is 4.31 Å². The van der Waals surface area contributed by atoms with Crippen molar-refractivity contribution in [2.24, 2.45) is 5.92 Å². The number of sulfonamides is 1. The summed E-state index contributed by atoms with van der Waals surface area (Å²) in [4.78, 5) is 12.4. The largest absolute Gasteiger partial charge is 0.354 e. The van der Waals surface area contributed by atoms with Gasteiger partial charge >= 0.3 is 0 Å². The van der Waals surface area contributed by atoms with Crippen LogP contribution in [-0.2, 0) is 21.2 Å². The van der Waals surface area contributed by atoms with Gasteiger partial charge in [-0.25, -0.2) is 8.42 Å². The van der Waals surface area contributed by atoms with Crippen LogP contribution in [0, 0.1) is 5.92 Å². The highest BCUT2D eigenvalue weighted by atomic mass is 32.2. The third-order valence-electron chi connectivity index (χ3n) is 4.85. The van der Waals surface area contributed by atoms with Crippen LogP contribution in [0.4, 0.5) is 0 Å². The fourth-order valence-electron chi connectivity index (χ4n) is 3.17. The van der Waals surface area contributed by atoms with Crippen molar-refractivity contribution in [3.8, 4) is 0 Å². The molecule has 5 nitrogen and oxygen atoms in total. The maximum Gasteiger partial charge on any atom is 0.243 e. The molecule has 1 heterocycles. The minimum absolute atomic E-state index is 0.0509. The molecule has 26 heavy (non-hydrogen) atoms. The van der Waals surface area contributed by atoms with E-state index in [0.29, 0.717) is 36.7 Å². The molecule has 1 aromatic rings. The molecule has 1 saturated heterocycles. The van der Waals surface area contributed by atoms with Crippen LogP contribution >= 0.6 is 0 Å². The topological polar surface area (TPSA) is 66.5 Å². The van der Waals surface area contributed by atoms with E-state index in [1.807, 2.05) is 19.1 Å². The molecule has 0 unspecified atom stereocenters. The van der Waals surface area contributed by atoms with E-state index in [2.05, 4.69) is 19.2 Å². The van der Waals surface area contributed by atoms with Crippen molar-refractivity contribution in [1.29, 1.82) is 0 Å². The summed E-state index contributed by atoms with van der Waals surface area (Å²) in [5.41, 5.74) is 0.982. The molecule has 1 N–H and O–H groups in total. The van der Waals surface area contributed by atoms with Gasteiger partial charge in [0.25, 0.3) is 0 Å². The molecular weight excluding hydrogens is 348 g/mol. The Morgan fingerprint density at radius 1 is 1.08 bits per heavy atom. The average Bonchev–Trinajstić information content (AvgIpc) is 3.14. The summed E-state index contributed by atoms with van der Waals surface area (Å²) in [5, 5.41) is 3.04. The van der Waals surface area contributed by atoms with Gasteiger partial charge in [-0.1, -0.05) is 26.0 Å². The molecule has 0 bridgehead atoms. The quantitative estimate of drug-likeness (QED) is 0.714. The minimum atomic E-state index is -3.36. The van der Waals surface area contributed by atoms with Gasteiger partial charge in [-0.05, 0) is 62.6 Å². The molecule has 1 aromatic carbocycles. The molecule has 146 valence electrons. The lowest BCUT2D eigenvalue weighted by atomic mass is 10.0. The first-order chi connectivity index (χ1) is 12.3. The molecule has 0 saturated carbocycles. The van der Waals surface area contributed by atoms with Crippen LogP contribution in [0.15, 0.2) is 29.2 Å². The van der Waals surface area contributed by atoms with Crippen LogP contribution in [0.3, 0.4) is 0 Å². The molecule has 0 aliphatic carbocycles. The Hall–Kier alpha value is -1.40. The molecule has 0 spiro atoms. The molecule has 6 heteroatoms. The summed E-state index contributed by atoms with van der Waals surface area (Å²) >= 11 is 0. The van der Waals surface area contributed by atoms with Crippen molar-refractivity contribution in [3.63, 3.8) is 0 Å². The number of rotatable bonds is 9. The maximum atomic E-state index is 12.5. The zero-order chi connectivity index (χ0) is 19.2. The van der Waals surface area contributed by atoms with E-state index in [4.69, 9.17) is 0 Å². The summed E-state index contributed by atoms with van der Waals surface area (Å²) in [6, 6.07) is 7.15. The number of hydrogen-bond donors (Lipinski definition) is 1. The van der Waals surface area contributed by atoms with Crippen molar-refractivity contribution in [2.45, 2.75) is 70.2 Å². The van der Waals surface area contributed by atoms with Gasteiger partial charge in [0.05, 0.1) is 4.90 Å². The van der Waals surface area contributed by atoms with Crippen LogP contribution in [-0.4, -0.2) is 37.8 Å². The van der Waals surface area contributed by atoms with E-state index in [1.54, 1.807) is 16.4 Å². The van der Waals surface area contributed by atoms with Gasteiger partial charge in [-0.3, -0.25) is 4.79 Å². The Bertz CT molecular complexity index is 678. The SMILES string of the molecule is CC(C)CC[C@H](C)NC(=O)CCc1ccc(S(=O)(=O)N2CCCC2)cc1. The van der Waals surface area contributed by atoms with Crippen molar-refractivity contribution in [3.05, 3.63) is 29.8 Å². The first-order valence-electron chi connectivity index (χ1n) is 9.67. The third kappa shape index (κ3) is 6.09. The number of aryl methyl sites for hydroxylation is 1. The molecule has 0 aromatic heterocycles. The van der Waals surface area contributed by atoms with E-state index < -0.39 is 10.0 Å². The number of benzene rings is 1. The number of hydrogen-bond acceptors (Lipinski definition) is 3. The van der Waals surface area contributed by atoms with E-state index in [1.165, 1.54) is 0 Å². The minimum Gasteiger partial charge on any atom is -0.354 e. The summed E-state index contributed by atoms with van der Waals surface area (Å²) in [7, 11) is -3.36. The second kappa shape index (κ2) is 9.51. The molecule has 1 aliphatic rings. The van der Waals surface area contributed by atoms with Crippen LogP contribution in [0.2, 0.25) is 0 Å². The van der Waals surface area contributed by atoms with E-state index in [0.717, 1.165) is 31.2 Å². The molecule has 1 atom stereocenters. The molecular formula is C20H32N2O3S. The van der Waals surface area contributed by atoms with Crippen molar-refractivity contribution >= 4 is 15.9 Å². The smallest absolute Gasteiger partial charge is 0.243 e. The Morgan fingerprint density at radius 2 is 1.69 bits per heavy atom. The summed E-state index contributed by atoms with van der Waals surface area (Å²) < 4.78 is 26.6. The monoisotopic (exact) mass is 380 g/mol. The van der Waals surface area contributed by atoms with Crippen LogP contribution in [0.5, 0.6) is 0 Å². The summed E-state index contributed by atoms with van der Waals surface area (Å²) in [6.45, 7) is 7.63. The second-order valence-corrected chi connectivity index (χ2v) is 9.63. The van der Waals surface area contributed by atoms with Crippen molar-refractivity contribution < 1.29 is 13.2 Å². The molecule has 1 aliphatic heterocycles. The van der Waals surface area contributed by atoms with E-state index >= 15 is 0 Å². The van der Waals surface area contributed by atoms with Crippen LogP contribution in [0.1, 0.15) is 58.4 Å². The number of carbonyl (C=O) groups is 1. The Morgan fingerprint density at radius 3 is 2.27 bits per heavy atom. The molecule has 2 rings (SSSR count). The Labute approximate surface area is 158 Å². The van der Waals surface area contributed by atoms with Gasteiger partial charge < -0.3 is 5.32 Å². The predicted octanol–water partition coefficient (Wildman–Crippen LogP) is 3.34. The van der Waals surface area contributed by atoms with Crippen molar-refractivity contribution in [1.82, 2.24) is 9.62 Å². The molecule has 1 fully saturated rings. The lowest BCUT2D eigenvalue weighted by Crippen LogP contribution is -2.32. The third-order valence-corrected chi connectivity index (χ3v) is 6.76.